The molecule has 0 aliphatic carbocycles. The maximum Gasteiger partial charge on any atom is 0.246 e. The third-order valence-electron chi connectivity index (χ3n) is 5.15. The Kier molecular flexibility index (Phi) is 6.37. The Balaban J connectivity index is 1.74. The Morgan fingerprint density at radius 1 is 1.21 bits per heavy atom. The highest BCUT2D eigenvalue weighted by molar-refractivity contribution is 5.92. The van der Waals surface area contributed by atoms with E-state index in [1.807, 2.05) is 37.3 Å². The molecule has 0 radical (unpaired) electrons. The highest BCUT2D eigenvalue weighted by Gasteiger charge is 2.18. The van der Waals surface area contributed by atoms with Gasteiger partial charge in [-0.15, -0.1) is 0 Å². The number of nitrogens with zero attached hydrogens (tertiary/aromatic N) is 2. The summed E-state index contributed by atoms with van der Waals surface area (Å²) in [5.41, 5.74) is 4.88. The van der Waals surface area contributed by atoms with Gasteiger partial charge >= 0.3 is 0 Å². The summed E-state index contributed by atoms with van der Waals surface area (Å²) in [6, 6.07) is 13.9. The Hall–Kier alpha value is -3.08. The average molecular weight is 392 g/mol. The molecule has 1 aromatic heterocycles. The summed E-state index contributed by atoms with van der Waals surface area (Å²) in [6.45, 7) is 12.9. The van der Waals surface area contributed by atoms with Crippen molar-refractivity contribution >= 4 is 16.9 Å². The molecule has 0 aliphatic heterocycles. The lowest BCUT2D eigenvalue weighted by Crippen LogP contribution is -2.29. The van der Waals surface area contributed by atoms with Crippen molar-refractivity contribution in [3.05, 3.63) is 71.6 Å². The molecule has 1 N–H and O–H groups in total. The standard InChI is InChI=1S/C24H29N3O2/c1-16(2)24(28)25-19(5)23-26-20-11-6-7-12-21(20)27(23)14-9-15-29-22-13-8-10-17(3)18(22)4/h6-8,10-13,19H,1,9,14-15H2,2-5H3,(H,25,28). The first-order chi connectivity index (χ1) is 13.9. The number of aromatic nitrogens is 2. The number of carbonyl (C=O) groups excluding carboxylic acids is 1. The second-order valence-electron chi connectivity index (χ2n) is 7.49. The van der Waals surface area contributed by atoms with Crippen molar-refractivity contribution in [2.24, 2.45) is 0 Å². The maximum absolute atomic E-state index is 12.1. The van der Waals surface area contributed by atoms with Crippen LogP contribution in [0.4, 0.5) is 0 Å². The van der Waals surface area contributed by atoms with Crippen molar-refractivity contribution in [2.45, 2.75) is 46.7 Å². The van der Waals surface area contributed by atoms with Crippen LogP contribution in [0.2, 0.25) is 0 Å². The molecule has 5 heteroatoms. The van der Waals surface area contributed by atoms with Crippen molar-refractivity contribution in [3.63, 3.8) is 0 Å². The van der Waals surface area contributed by atoms with Gasteiger partial charge in [0.2, 0.25) is 5.91 Å². The van der Waals surface area contributed by atoms with Crippen LogP contribution in [-0.2, 0) is 11.3 Å². The monoisotopic (exact) mass is 391 g/mol. The largest absolute Gasteiger partial charge is 0.493 e. The van der Waals surface area contributed by atoms with Gasteiger partial charge in [0.15, 0.2) is 0 Å². The van der Waals surface area contributed by atoms with Crippen LogP contribution in [0.15, 0.2) is 54.6 Å². The van der Waals surface area contributed by atoms with E-state index >= 15 is 0 Å². The smallest absolute Gasteiger partial charge is 0.246 e. The molecule has 0 saturated carbocycles. The fourth-order valence-corrected chi connectivity index (χ4v) is 3.33. The molecule has 2 aromatic carbocycles. The zero-order chi connectivity index (χ0) is 21.0. The molecule has 152 valence electrons. The Labute approximate surface area is 172 Å². The molecule has 3 aromatic rings. The van der Waals surface area contributed by atoms with E-state index in [-0.39, 0.29) is 11.9 Å². The lowest BCUT2D eigenvalue weighted by molar-refractivity contribution is -0.118. The second-order valence-corrected chi connectivity index (χ2v) is 7.49. The van der Waals surface area contributed by atoms with Crippen LogP contribution in [0.1, 0.15) is 43.3 Å². The number of hydrogen-bond donors (Lipinski definition) is 1. The Bertz CT molecular complexity index is 1040. The summed E-state index contributed by atoms with van der Waals surface area (Å²) in [5, 5.41) is 2.97. The molecule has 1 amide bonds. The Morgan fingerprint density at radius 3 is 2.72 bits per heavy atom. The molecule has 1 unspecified atom stereocenters. The lowest BCUT2D eigenvalue weighted by Gasteiger charge is -2.17. The average Bonchev–Trinajstić information content (AvgIpc) is 3.07. The summed E-state index contributed by atoms with van der Waals surface area (Å²) in [6.07, 6.45) is 0.835. The van der Waals surface area contributed by atoms with Gasteiger partial charge in [0.1, 0.15) is 11.6 Å². The molecule has 1 heterocycles. The Morgan fingerprint density at radius 2 is 1.97 bits per heavy atom. The van der Waals surface area contributed by atoms with Crippen LogP contribution >= 0.6 is 0 Å². The summed E-state index contributed by atoms with van der Waals surface area (Å²) in [4.78, 5) is 16.8. The molecule has 5 nitrogen and oxygen atoms in total. The minimum atomic E-state index is -0.216. The maximum atomic E-state index is 12.1. The summed E-state index contributed by atoms with van der Waals surface area (Å²) >= 11 is 0. The van der Waals surface area contributed by atoms with E-state index < -0.39 is 0 Å². The molecule has 0 aliphatic rings. The number of hydrogen-bond acceptors (Lipinski definition) is 3. The molecule has 1 atom stereocenters. The van der Waals surface area contributed by atoms with Crippen molar-refractivity contribution in [3.8, 4) is 5.75 Å². The fraction of sp³-hybridized carbons (Fsp3) is 0.333. The van der Waals surface area contributed by atoms with Crippen LogP contribution in [0, 0.1) is 13.8 Å². The fourth-order valence-electron chi connectivity index (χ4n) is 3.33. The number of rotatable bonds is 8. The van der Waals surface area contributed by atoms with Crippen LogP contribution in [0.5, 0.6) is 5.75 Å². The second kappa shape index (κ2) is 8.95. The lowest BCUT2D eigenvalue weighted by atomic mass is 10.1. The van der Waals surface area contributed by atoms with Crippen molar-refractivity contribution < 1.29 is 9.53 Å². The molecular weight excluding hydrogens is 362 g/mol. The first-order valence-electron chi connectivity index (χ1n) is 9.99. The van der Waals surface area contributed by atoms with Gasteiger partial charge in [0.25, 0.3) is 0 Å². The minimum absolute atomic E-state index is 0.158. The molecule has 3 rings (SSSR count). The van der Waals surface area contributed by atoms with Crippen molar-refractivity contribution in [1.29, 1.82) is 0 Å². The van der Waals surface area contributed by atoms with E-state index in [1.54, 1.807) is 6.92 Å². The third kappa shape index (κ3) is 4.67. The van der Waals surface area contributed by atoms with Crippen LogP contribution in [-0.4, -0.2) is 22.1 Å². The highest BCUT2D eigenvalue weighted by Crippen LogP contribution is 2.23. The number of fused-ring (bicyclic) bond motifs is 1. The quantitative estimate of drug-likeness (QED) is 0.440. The van der Waals surface area contributed by atoms with E-state index in [2.05, 4.69) is 42.4 Å². The van der Waals surface area contributed by atoms with Gasteiger partial charge in [-0.2, -0.15) is 0 Å². The number of ether oxygens (including phenoxy) is 1. The van der Waals surface area contributed by atoms with E-state index in [0.29, 0.717) is 12.2 Å². The van der Waals surface area contributed by atoms with Crippen molar-refractivity contribution in [2.75, 3.05) is 6.61 Å². The predicted octanol–water partition coefficient (Wildman–Crippen LogP) is 4.88. The van der Waals surface area contributed by atoms with E-state index in [9.17, 15) is 4.79 Å². The van der Waals surface area contributed by atoms with E-state index in [4.69, 9.17) is 9.72 Å². The van der Waals surface area contributed by atoms with Gasteiger partial charge in [-0.25, -0.2) is 4.98 Å². The molecule has 0 saturated heterocycles. The van der Waals surface area contributed by atoms with Crippen molar-refractivity contribution in [1.82, 2.24) is 14.9 Å². The van der Waals surface area contributed by atoms with Crippen LogP contribution in [0.25, 0.3) is 11.0 Å². The molecular formula is C24H29N3O2. The zero-order valence-corrected chi connectivity index (χ0v) is 17.7. The molecule has 0 fully saturated rings. The summed E-state index contributed by atoms with van der Waals surface area (Å²) in [5.74, 6) is 1.62. The summed E-state index contributed by atoms with van der Waals surface area (Å²) in [7, 11) is 0. The van der Waals surface area contributed by atoms with Gasteiger partial charge in [0.05, 0.1) is 23.7 Å². The van der Waals surface area contributed by atoms with Gasteiger partial charge in [-0.1, -0.05) is 30.8 Å². The molecule has 29 heavy (non-hydrogen) atoms. The first-order valence-corrected chi connectivity index (χ1v) is 9.99. The SMILES string of the molecule is C=C(C)C(=O)NC(C)c1nc2ccccc2n1CCCOc1cccc(C)c1C. The van der Waals surface area contributed by atoms with E-state index in [1.165, 1.54) is 11.1 Å². The van der Waals surface area contributed by atoms with Gasteiger partial charge in [-0.05, 0) is 63.4 Å². The van der Waals surface area contributed by atoms with Crippen LogP contribution in [0.3, 0.4) is 0 Å². The number of imidazole rings is 1. The number of carbonyl (C=O) groups is 1. The van der Waals surface area contributed by atoms with E-state index in [0.717, 1.165) is 35.6 Å². The van der Waals surface area contributed by atoms with Gasteiger partial charge in [0, 0.05) is 12.1 Å². The molecule has 0 bridgehead atoms. The van der Waals surface area contributed by atoms with Gasteiger partial charge < -0.3 is 14.6 Å². The third-order valence-corrected chi connectivity index (χ3v) is 5.15. The normalized spacial score (nSPS) is 12.0. The zero-order valence-electron chi connectivity index (χ0n) is 17.7. The highest BCUT2D eigenvalue weighted by atomic mass is 16.5. The number of nitrogens with one attached hydrogen (secondary N) is 1. The summed E-state index contributed by atoms with van der Waals surface area (Å²) < 4.78 is 8.18. The van der Waals surface area contributed by atoms with Gasteiger partial charge in [-0.3, -0.25) is 4.79 Å². The number of aryl methyl sites for hydroxylation is 2. The topological polar surface area (TPSA) is 56.2 Å². The number of amides is 1. The number of para-hydroxylation sites is 2. The first kappa shape index (κ1) is 20.6. The van der Waals surface area contributed by atoms with Crippen LogP contribution < -0.4 is 10.1 Å². The predicted molar refractivity (Wildman–Crippen MR) is 117 cm³/mol. The minimum Gasteiger partial charge on any atom is -0.493 e. The molecule has 0 spiro atoms. The number of benzene rings is 2.